The molecule has 0 amide bonds. The van der Waals surface area contributed by atoms with E-state index < -0.39 is 47.8 Å². The number of rotatable bonds is 14. The summed E-state index contributed by atoms with van der Waals surface area (Å²) in [4.78, 5) is 22.2. The molecular formula is C30H40ClF2N3O2Sn. The molecule has 0 bridgehead atoms. The molecule has 0 saturated heterocycles. The summed E-state index contributed by atoms with van der Waals surface area (Å²) in [7, 11) is 0. The number of pyridine rings is 3. The van der Waals surface area contributed by atoms with Crippen LogP contribution >= 0.6 is 11.6 Å². The molecule has 0 aromatic carbocycles. The summed E-state index contributed by atoms with van der Waals surface area (Å²) >= 11 is 3.55. The summed E-state index contributed by atoms with van der Waals surface area (Å²) in [6, 6.07) is 4.06. The van der Waals surface area contributed by atoms with Crippen molar-refractivity contribution in [1.82, 2.24) is 14.5 Å². The fraction of sp³-hybridized carbons (Fsp3) is 0.500. The fourth-order valence-electron chi connectivity index (χ4n) is 5.00. The number of aryl methyl sites for hydroxylation is 2. The van der Waals surface area contributed by atoms with E-state index in [0.29, 0.717) is 23.6 Å². The van der Waals surface area contributed by atoms with E-state index in [4.69, 9.17) is 24.1 Å². The van der Waals surface area contributed by atoms with Gasteiger partial charge in [-0.05, 0) is 0 Å². The first-order valence-electron chi connectivity index (χ1n) is 14.8. The van der Waals surface area contributed by atoms with Gasteiger partial charge in [-0.25, -0.2) is 4.39 Å². The molecule has 9 heteroatoms. The molecule has 0 aliphatic heterocycles. The van der Waals surface area contributed by atoms with Gasteiger partial charge in [0.15, 0.2) is 0 Å². The molecular weight excluding hydrogens is 627 g/mol. The number of halogens is 3. The van der Waals surface area contributed by atoms with E-state index in [-0.39, 0.29) is 10.8 Å². The number of hydrogen-bond acceptors (Lipinski definition) is 4. The molecule has 0 N–H and O–H groups in total. The number of ether oxygens (including phenoxy) is 1. The average molecular weight is 669 g/mol. The molecule has 39 heavy (non-hydrogen) atoms. The van der Waals surface area contributed by atoms with E-state index in [2.05, 4.69) is 31.8 Å². The maximum absolute atomic E-state index is 14.3. The van der Waals surface area contributed by atoms with Crippen LogP contribution in [0.4, 0.5) is 8.78 Å². The monoisotopic (exact) mass is 669 g/mol. The molecule has 0 aliphatic rings. The standard InChI is InChI=1S/C18H13ClF2N3O2.3C4H9.Sn/c1-10-7-22-4-3-15(10)24-11(2)5-16(17(19)18(24)25)26-9-14-13(21)6-12(20)8-23-14;3*1-3-4-2;/h3,5-8H,9H2,1-2H3;3*1,3-4H2,2H3;/i9D2;;;;. The minimum atomic E-state index is -2.92. The second-order valence-electron chi connectivity index (χ2n) is 10.2. The summed E-state index contributed by atoms with van der Waals surface area (Å²) in [5.74, 6) is -2.41. The van der Waals surface area contributed by atoms with Gasteiger partial charge in [-0.1, -0.05) is 0 Å². The molecule has 3 rings (SSSR count). The Morgan fingerprint density at radius 2 is 1.59 bits per heavy atom. The number of nitrogens with zero attached hydrogens (tertiary/aromatic N) is 3. The summed E-state index contributed by atoms with van der Waals surface area (Å²) in [6.07, 6.45) is 9.49. The molecule has 0 saturated carbocycles. The molecule has 0 aliphatic carbocycles. The summed E-state index contributed by atoms with van der Waals surface area (Å²) < 4.78 is 55.8. The molecule has 0 spiro atoms. The van der Waals surface area contributed by atoms with E-state index in [0.717, 1.165) is 24.8 Å². The third kappa shape index (κ3) is 7.60. The van der Waals surface area contributed by atoms with E-state index in [9.17, 15) is 13.6 Å². The van der Waals surface area contributed by atoms with Crippen molar-refractivity contribution in [3.8, 4) is 11.4 Å². The molecule has 3 aromatic rings. The average Bonchev–Trinajstić information content (AvgIpc) is 2.92. The van der Waals surface area contributed by atoms with Crippen molar-refractivity contribution in [2.45, 2.75) is 93.0 Å². The normalized spacial score (nSPS) is 12.8. The Hall–Kier alpha value is -2.00. The topological polar surface area (TPSA) is 57.0 Å². The molecule has 0 atom stereocenters. The van der Waals surface area contributed by atoms with E-state index in [1.54, 1.807) is 6.92 Å². The van der Waals surface area contributed by atoms with Gasteiger partial charge < -0.3 is 0 Å². The molecule has 5 nitrogen and oxygen atoms in total. The molecule has 0 fully saturated rings. The van der Waals surface area contributed by atoms with Crippen LogP contribution in [0.1, 0.15) is 79.0 Å². The maximum atomic E-state index is 14.3. The Bertz CT molecular complexity index is 1400. The SMILES string of the molecule is [2H]C([2H])(Oc1cc(C)n(-c2c[c]([Sn]([CH2]CCC)([CH2]CCC)[CH2]CCC)ncc2C)c(=O)c1Cl)c1ncc(F)cc1F. The summed E-state index contributed by atoms with van der Waals surface area (Å²) in [5.41, 5.74) is 0.654. The van der Waals surface area contributed by atoms with Crippen molar-refractivity contribution in [3.63, 3.8) is 0 Å². The first-order chi connectivity index (χ1) is 19.4. The van der Waals surface area contributed by atoms with Gasteiger partial charge in [0.25, 0.3) is 0 Å². The second-order valence-corrected chi connectivity index (χ2v) is 23.7. The molecule has 0 unspecified atom stereocenters. The van der Waals surface area contributed by atoms with Gasteiger partial charge in [0.1, 0.15) is 5.82 Å². The zero-order valence-corrected chi connectivity index (χ0v) is 27.2. The molecule has 3 heterocycles. The van der Waals surface area contributed by atoms with Gasteiger partial charge >= 0.3 is 233 Å². The van der Waals surface area contributed by atoms with Crippen molar-refractivity contribution in [2.75, 3.05) is 0 Å². The molecule has 3 aromatic heterocycles. The van der Waals surface area contributed by atoms with Gasteiger partial charge in [0.2, 0.25) is 0 Å². The van der Waals surface area contributed by atoms with Crippen molar-refractivity contribution in [1.29, 1.82) is 0 Å². The molecule has 0 radical (unpaired) electrons. The number of unbranched alkanes of at least 4 members (excludes halogenated alkanes) is 3. The fourth-order valence-corrected chi connectivity index (χ4v) is 20.6. The van der Waals surface area contributed by atoms with E-state index in [1.807, 2.05) is 13.1 Å². The predicted octanol–water partition coefficient (Wildman–Crippen LogP) is 7.81. The van der Waals surface area contributed by atoms with E-state index >= 15 is 0 Å². The van der Waals surface area contributed by atoms with Crippen LogP contribution in [0.15, 0.2) is 35.4 Å². The van der Waals surface area contributed by atoms with Crippen LogP contribution in [0.25, 0.3) is 5.69 Å². The third-order valence-electron chi connectivity index (χ3n) is 7.25. The van der Waals surface area contributed by atoms with Crippen LogP contribution in [0.3, 0.4) is 0 Å². The van der Waals surface area contributed by atoms with Crippen LogP contribution in [-0.4, -0.2) is 32.9 Å². The van der Waals surface area contributed by atoms with Crippen molar-refractivity contribution in [2.24, 2.45) is 0 Å². The number of aromatic nitrogens is 3. The van der Waals surface area contributed by atoms with Gasteiger partial charge in [0, 0.05) is 0 Å². The third-order valence-corrected chi connectivity index (χ3v) is 22.7. The predicted molar refractivity (Wildman–Crippen MR) is 157 cm³/mol. The van der Waals surface area contributed by atoms with E-state index in [1.165, 1.54) is 46.9 Å². The minimum absolute atomic E-state index is 0.254. The van der Waals surface area contributed by atoms with Gasteiger partial charge in [0.05, 0.1) is 0 Å². The zero-order chi connectivity index (χ0) is 30.4. The van der Waals surface area contributed by atoms with Crippen molar-refractivity contribution >= 4 is 33.7 Å². The van der Waals surface area contributed by atoms with Crippen LogP contribution in [0, 0.1) is 25.5 Å². The Labute approximate surface area is 242 Å². The molecule has 212 valence electrons. The Balaban J connectivity index is 2.11. The van der Waals surface area contributed by atoms with Crippen molar-refractivity contribution in [3.05, 3.63) is 74.6 Å². The van der Waals surface area contributed by atoms with Gasteiger partial charge in [-0.3, -0.25) is 0 Å². The van der Waals surface area contributed by atoms with Crippen LogP contribution < -0.4 is 14.0 Å². The number of hydrogen-bond donors (Lipinski definition) is 0. The first kappa shape index (κ1) is 28.5. The summed E-state index contributed by atoms with van der Waals surface area (Å²) in [6.45, 7) is 7.47. The Kier molecular flexibility index (Phi) is 10.7. The van der Waals surface area contributed by atoms with Gasteiger partial charge in [-0.2, -0.15) is 0 Å². The second kappa shape index (κ2) is 14.6. The van der Waals surface area contributed by atoms with Gasteiger partial charge in [-0.15, -0.1) is 0 Å². The Morgan fingerprint density at radius 3 is 2.15 bits per heavy atom. The Morgan fingerprint density at radius 1 is 0.974 bits per heavy atom. The van der Waals surface area contributed by atoms with Crippen molar-refractivity contribution < 1.29 is 16.3 Å². The van der Waals surface area contributed by atoms with Crippen LogP contribution in [0.2, 0.25) is 18.3 Å². The zero-order valence-electron chi connectivity index (χ0n) is 25.5. The van der Waals surface area contributed by atoms with Crippen LogP contribution in [-0.2, 0) is 6.56 Å². The quantitative estimate of drug-likeness (QED) is 0.165. The summed E-state index contributed by atoms with van der Waals surface area (Å²) in [5, 5.41) is -0.350. The first-order valence-corrected chi connectivity index (χ1v) is 21.7. The van der Waals surface area contributed by atoms with Crippen LogP contribution in [0.5, 0.6) is 5.75 Å².